The van der Waals surface area contributed by atoms with Gasteiger partial charge >= 0.3 is 0 Å². The van der Waals surface area contributed by atoms with Gasteiger partial charge in [0.1, 0.15) is 17.2 Å². The number of hydrogen-bond acceptors (Lipinski definition) is 7. The van der Waals surface area contributed by atoms with Crippen molar-refractivity contribution in [3.8, 4) is 11.4 Å². The summed E-state index contributed by atoms with van der Waals surface area (Å²) in [5.41, 5.74) is 6.86. The Balaban J connectivity index is 1.29. The van der Waals surface area contributed by atoms with Crippen molar-refractivity contribution in [1.82, 2.24) is 24.3 Å². The Morgan fingerprint density at radius 1 is 1.16 bits per heavy atom. The zero-order valence-electron chi connectivity index (χ0n) is 22.3. The largest absolute Gasteiger partial charge is 0.378 e. The Morgan fingerprint density at radius 3 is 2.74 bits per heavy atom. The van der Waals surface area contributed by atoms with Crippen molar-refractivity contribution in [2.75, 3.05) is 43.1 Å². The Labute approximate surface area is 223 Å². The molecular formula is C29H36N8O. The maximum atomic E-state index is 8.49. The van der Waals surface area contributed by atoms with Gasteiger partial charge in [-0.2, -0.15) is 5.10 Å². The van der Waals surface area contributed by atoms with E-state index in [4.69, 9.17) is 20.1 Å². The lowest BCUT2D eigenvalue weighted by Crippen LogP contribution is -2.36. The van der Waals surface area contributed by atoms with Crippen LogP contribution in [0.4, 0.5) is 11.5 Å². The van der Waals surface area contributed by atoms with E-state index < -0.39 is 0 Å². The number of nitrogens with one attached hydrogen (secondary N) is 2. The van der Waals surface area contributed by atoms with E-state index in [1.807, 2.05) is 36.3 Å². The van der Waals surface area contributed by atoms with Gasteiger partial charge < -0.3 is 24.9 Å². The Kier molecular flexibility index (Phi) is 6.84. The van der Waals surface area contributed by atoms with E-state index in [9.17, 15) is 0 Å². The van der Waals surface area contributed by atoms with Gasteiger partial charge in [0, 0.05) is 51.2 Å². The van der Waals surface area contributed by atoms with Crippen LogP contribution in [0.1, 0.15) is 36.8 Å². The Hall–Kier alpha value is -3.72. The van der Waals surface area contributed by atoms with Crippen molar-refractivity contribution in [3.63, 3.8) is 0 Å². The molecule has 2 N–H and O–H groups in total. The predicted molar refractivity (Wildman–Crippen MR) is 151 cm³/mol. The number of imidazole rings is 1. The Bertz CT molecular complexity index is 1440. The maximum Gasteiger partial charge on any atom is 0.164 e. The van der Waals surface area contributed by atoms with E-state index in [0.717, 1.165) is 78.6 Å². The quantitative estimate of drug-likeness (QED) is 0.237. The van der Waals surface area contributed by atoms with E-state index >= 15 is 0 Å². The van der Waals surface area contributed by atoms with E-state index in [-0.39, 0.29) is 0 Å². The average Bonchev–Trinajstić information content (AvgIpc) is 3.54. The lowest BCUT2D eigenvalue weighted by molar-refractivity contribution is 0.123. The average molecular weight is 513 g/mol. The number of fused-ring (bicyclic) bond motifs is 1. The molecule has 9 nitrogen and oxygen atoms in total. The first-order valence-corrected chi connectivity index (χ1v) is 13.7. The van der Waals surface area contributed by atoms with Crippen LogP contribution in [0.25, 0.3) is 22.6 Å². The van der Waals surface area contributed by atoms with Crippen LogP contribution in [0.2, 0.25) is 0 Å². The highest BCUT2D eigenvalue weighted by Gasteiger charge is 2.28. The number of rotatable bonds is 10. The molecule has 0 amide bonds. The monoisotopic (exact) mass is 512 g/mol. The molecule has 1 aliphatic carbocycles. The molecule has 0 atom stereocenters. The predicted octanol–water partition coefficient (Wildman–Crippen LogP) is 4.65. The molecule has 0 radical (unpaired) electrons. The molecule has 0 bridgehead atoms. The van der Waals surface area contributed by atoms with Gasteiger partial charge in [0.25, 0.3) is 0 Å². The van der Waals surface area contributed by atoms with Gasteiger partial charge in [-0.25, -0.2) is 9.97 Å². The van der Waals surface area contributed by atoms with Crippen molar-refractivity contribution >= 4 is 28.4 Å². The topological polar surface area (TPSA) is 96.9 Å². The molecule has 198 valence electrons. The van der Waals surface area contributed by atoms with Crippen LogP contribution < -0.4 is 10.2 Å². The number of pyridine rings is 1. The normalized spacial score (nSPS) is 15.8. The van der Waals surface area contributed by atoms with E-state index in [0.29, 0.717) is 24.8 Å². The summed E-state index contributed by atoms with van der Waals surface area (Å²) in [5, 5.41) is 16.5. The maximum absolute atomic E-state index is 8.49. The first-order chi connectivity index (χ1) is 18.5. The zero-order valence-corrected chi connectivity index (χ0v) is 22.3. The number of nitrogens with zero attached hydrogens (tertiary/aromatic N) is 6. The van der Waals surface area contributed by atoms with Gasteiger partial charge in [-0.05, 0) is 44.1 Å². The fourth-order valence-electron chi connectivity index (χ4n) is 5.16. The summed E-state index contributed by atoms with van der Waals surface area (Å²) in [6, 6.07) is 10.3. The molecule has 4 heterocycles. The highest BCUT2D eigenvalue weighted by molar-refractivity contribution is 5.98. The molecule has 1 aliphatic heterocycles. The van der Waals surface area contributed by atoms with Crippen LogP contribution in [-0.2, 0) is 18.3 Å². The lowest BCUT2D eigenvalue weighted by atomic mass is 10.0. The second-order valence-electron chi connectivity index (χ2n) is 10.6. The zero-order chi connectivity index (χ0) is 26.1. The molecule has 6 rings (SSSR count). The third kappa shape index (κ3) is 5.29. The van der Waals surface area contributed by atoms with Crippen molar-refractivity contribution in [1.29, 1.82) is 5.41 Å². The molecule has 1 aromatic carbocycles. The summed E-state index contributed by atoms with van der Waals surface area (Å²) in [4.78, 5) is 12.6. The van der Waals surface area contributed by atoms with Gasteiger partial charge in [0.15, 0.2) is 5.65 Å². The first kappa shape index (κ1) is 24.6. The number of benzene rings is 1. The molecule has 0 unspecified atom stereocenters. The molecule has 2 fully saturated rings. The number of aryl methyl sites for hydroxylation is 2. The lowest BCUT2D eigenvalue weighted by Gasteiger charge is -2.29. The molecule has 38 heavy (non-hydrogen) atoms. The van der Waals surface area contributed by atoms with Gasteiger partial charge in [-0.3, -0.25) is 4.68 Å². The summed E-state index contributed by atoms with van der Waals surface area (Å²) in [7, 11) is 1.94. The third-order valence-corrected chi connectivity index (χ3v) is 7.41. The van der Waals surface area contributed by atoms with Crippen LogP contribution in [0.3, 0.4) is 0 Å². The van der Waals surface area contributed by atoms with Crippen molar-refractivity contribution < 1.29 is 4.74 Å². The third-order valence-electron chi connectivity index (χ3n) is 7.41. The molecule has 4 aromatic rings. The minimum atomic E-state index is 0.677. The fourth-order valence-corrected chi connectivity index (χ4v) is 5.16. The molecular weight excluding hydrogens is 476 g/mol. The molecule has 0 spiro atoms. The summed E-state index contributed by atoms with van der Waals surface area (Å²) in [6.07, 6.45) is 8.02. The van der Waals surface area contributed by atoms with Gasteiger partial charge in [0.05, 0.1) is 30.7 Å². The molecule has 2 aliphatic rings. The van der Waals surface area contributed by atoms with Crippen molar-refractivity contribution in [2.24, 2.45) is 13.0 Å². The van der Waals surface area contributed by atoms with Gasteiger partial charge in [-0.1, -0.05) is 29.8 Å². The van der Waals surface area contributed by atoms with E-state index in [2.05, 4.69) is 45.0 Å². The Morgan fingerprint density at radius 2 is 2.00 bits per heavy atom. The number of aromatic nitrogens is 5. The summed E-state index contributed by atoms with van der Waals surface area (Å²) >= 11 is 0. The first-order valence-electron chi connectivity index (χ1n) is 13.7. The minimum absolute atomic E-state index is 0.677. The molecule has 9 heteroatoms. The van der Waals surface area contributed by atoms with Crippen molar-refractivity contribution in [3.05, 3.63) is 53.9 Å². The summed E-state index contributed by atoms with van der Waals surface area (Å²) in [5.74, 6) is 2.47. The minimum Gasteiger partial charge on any atom is -0.378 e. The smallest absolute Gasteiger partial charge is 0.164 e. The number of morpholine rings is 1. The second kappa shape index (κ2) is 10.6. The second-order valence-corrected chi connectivity index (χ2v) is 10.6. The molecule has 1 saturated carbocycles. The molecule has 3 aromatic heterocycles. The van der Waals surface area contributed by atoms with Crippen LogP contribution in [0.15, 0.2) is 42.7 Å². The van der Waals surface area contributed by atoms with E-state index in [1.54, 1.807) is 0 Å². The summed E-state index contributed by atoms with van der Waals surface area (Å²) < 4.78 is 9.77. The molecule has 1 saturated heterocycles. The van der Waals surface area contributed by atoms with Crippen LogP contribution >= 0.6 is 0 Å². The van der Waals surface area contributed by atoms with Gasteiger partial charge in [0.2, 0.25) is 0 Å². The number of hydrogen-bond donors (Lipinski definition) is 2. The van der Waals surface area contributed by atoms with Crippen molar-refractivity contribution in [2.45, 2.75) is 39.2 Å². The SMILES string of the molecule is Cc1cccc(C(=N)CCCNc2cc(N3CCOCC3)c3nc(-c4cnn(C)c4)n(CC4CC4)c3n2)c1. The fraction of sp³-hybridized carbons (Fsp3) is 0.448. The number of ether oxygens (including phenoxy) is 1. The van der Waals surface area contributed by atoms with Crippen LogP contribution in [0.5, 0.6) is 0 Å². The standard InChI is InChI=1S/C29H36N8O/c1-20-5-3-6-22(15-20)24(30)7-4-10-31-26-16-25(36-11-13-38-14-12-36)27-29(33-26)37(18-21-8-9-21)28(34-27)23-17-32-35(2)19-23/h3,5-6,15-17,19,21,30H,4,7-14,18H2,1-2H3,(H,31,33). The van der Waals surface area contributed by atoms with Gasteiger partial charge in [-0.15, -0.1) is 0 Å². The van der Waals surface area contributed by atoms with Crippen LogP contribution in [0, 0.1) is 18.3 Å². The highest BCUT2D eigenvalue weighted by Crippen LogP contribution is 2.37. The number of anilines is 2. The van der Waals surface area contributed by atoms with Crippen LogP contribution in [-0.4, -0.2) is 62.9 Å². The summed E-state index contributed by atoms with van der Waals surface area (Å²) in [6.45, 7) is 6.85. The van der Waals surface area contributed by atoms with E-state index in [1.165, 1.54) is 18.4 Å². The highest BCUT2D eigenvalue weighted by atomic mass is 16.5.